The van der Waals surface area contributed by atoms with E-state index in [0.29, 0.717) is 5.88 Å². The van der Waals surface area contributed by atoms with Crippen LogP contribution in [0.15, 0.2) is 24.3 Å². The predicted octanol–water partition coefficient (Wildman–Crippen LogP) is 5.24. The lowest BCUT2D eigenvalue weighted by atomic mass is 10.0. The Morgan fingerprint density at radius 3 is 2.28 bits per heavy atom. The van der Waals surface area contributed by atoms with Crippen LogP contribution in [0.5, 0.6) is 0 Å². The molecule has 0 radical (unpaired) electrons. The standard InChI is InChI=1S/C16H26ClN/c1-2-3-4-5-6-7-8-15-9-11-16(12-10-15)18-14-13-17/h9-12,18H,2-8,13-14H2,1H3. The first-order valence-electron chi connectivity index (χ1n) is 7.25. The fraction of sp³-hybridized carbons (Fsp3) is 0.625. The summed E-state index contributed by atoms with van der Waals surface area (Å²) in [6, 6.07) is 8.75. The van der Waals surface area contributed by atoms with Gasteiger partial charge in [0, 0.05) is 18.1 Å². The first-order valence-corrected chi connectivity index (χ1v) is 7.79. The van der Waals surface area contributed by atoms with Crippen LogP contribution in [0.4, 0.5) is 5.69 Å². The average molecular weight is 268 g/mol. The molecular weight excluding hydrogens is 242 g/mol. The fourth-order valence-electron chi connectivity index (χ4n) is 2.09. The Morgan fingerprint density at radius 2 is 1.61 bits per heavy atom. The van der Waals surface area contributed by atoms with Crippen LogP contribution in [-0.2, 0) is 6.42 Å². The Morgan fingerprint density at radius 1 is 0.944 bits per heavy atom. The summed E-state index contributed by atoms with van der Waals surface area (Å²) in [4.78, 5) is 0. The van der Waals surface area contributed by atoms with Crippen molar-refractivity contribution in [1.29, 1.82) is 0 Å². The summed E-state index contributed by atoms with van der Waals surface area (Å²) < 4.78 is 0. The second-order valence-electron chi connectivity index (χ2n) is 4.83. The van der Waals surface area contributed by atoms with Crippen LogP contribution >= 0.6 is 11.6 Å². The summed E-state index contributed by atoms with van der Waals surface area (Å²) in [5.74, 6) is 0.652. The SMILES string of the molecule is CCCCCCCCc1ccc(NCCCl)cc1. The number of halogens is 1. The van der Waals surface area contributed by atoms with Crippen molar-refractivity contribution in [3.8, 4) is 0 Å². The van der Waals surface area contributed by atoms with Crippen molar-refractivity contribution >= 4 is 17.3 Å². The molecule has 0 amide bonds. The average Bonchev–Trinajstić information content (AvgIpc) is 2.42. The van der Waals surface area contributed by atoms with Gasteiger partial charge in [-0.25, -0.2) is 0 Å². The molecule has 0 aliphatic carbocycles. The Hall–Kier alpha value is -0.690. The third kappa shape index (κ3) is 6.90. The molecule has 0 atom stereocenters. The largest absolute Gasteiger partial charge is 0.384 e. The molecule has 2 heteroatoms. The maximum atomic E-state index is 5.64. The van der Waals surface area contributed by atoms with Crippen molar-refractivity contribution < 1.29 is 0 Å². The van der Waals surface area contributed by atoms with E-state index in [-0.39, 0.29) is 0 Å². The molecule has 1 aromatic rings. The monoisotopic (exact) mass is 267 g/mol. The highest BCUT2D eigenvalue weighted by atomic mass is 35.5. The zero-order valence-corrected chi connectivity index (χ0v) is 12.3. The molecule has 0 saturated heterocycles. The van der Waals surface area contributed by atoms with E-state index in [4.69, 9.17) is 11.6 Å². The fourth-order valence-corrected chi connectivity index (χ4v) is 2.18. The van der Waals surface area contributed by atoms with Crippen LogP contribution < -0.4 is 5.32 Å². The highest BCUT2D eigenvalue weighted by molar-refractivity contribution is 6.18. The Balaban J connectivity index is 2.14. The predicted molar refractivity (Wildman–Crippen MR) is 82.7 cm³/mol. The molecule has 0 aromatic heterocycles. The molecule has 1 aromatic carbocycles. The van der Waals surface area contributed by atoms with Crippen LogP contribution in [0.1, 0.15) is 51.0 Å². The van der Waals surface area contributed by atoms with Crippen molar-refractivity contribution in [1.82, 2.24) is 0 Å². The summed E-state index contributed by atoms with van der Waals surface area (Å²) in [5, 5.41) is 3.28. The number of hydrogen-bond donors (Lipinski definition) is 1. The molecule has 18 heavy (non-hydrogen) atoms. The maximum Gasteiger partial charge on any atom is 0.0396 e. The summed E-state index contributed by atoms with van der Waals surface area (Å²) in [7, 11) is 0. The molecule has 0 aliphatic rings. The number of rotatable bonds is 10. The summed E-state index contributed by atoms with van der Waals surface area (Å²) >= 11 is 5.64. The number of alkyl halides is 1. The van der Waals surface area contributed by atoms with Crippen molar-refractivity contribution in [3.05, 3.63) is 29.8 Å². The Kier molecular flexibility index (Phi) is 8.75. The van der Waals surface area contributed by atoms with E-state index in [9.17, 15) is 0 Å². The first-order chi connectivity index (χ1) is 8.86. The van der Waals surface area contributed by atoms with Gasteiger partial charge < -0.3 is 5.32 Å². The van der Waals surface area contributed by atoms with Gasteiger partial charge in [0.2, 0.25) is 0 Å². The van der Waals surface area contributed by atoms with E-state index in [0.717, 1.165) is 6.54 Å². The van der Waals surface area contributed by atoms with Crippen molar-refractivity contribution in [2.45, 2.75) is 51.9 Å². The van der Waals surface area contributed by atoms with E-state index in [1.165, 1.54) is 56.2 Å². The molecule has 0 bridgehead atoms. The number of hydrogen-bond acceptors (Lipinski definition) is 1. The smallest absolute Gasteiger partial charge is 0.0396 e. The van der Waals surface area contributed by atoms with E-state index in [1.807, 2.05) is 0 Å². The third-order valence-electron chi connectivity index (χ3n) is 3.20. The Labute approximate surface area is 117 Å². The molecule has 0 heterocycles. The highest BCUT2D eigenvalue weighted by Crippen LogP contribution is 2.13. The number of anilines is 1. The Bertz CT molecular complexity index is 294. The lowest BCUT2D eigenvalue weighted by Crippen LogP contribution is -2.02. The van der Waals surface area contributed by atoms with E-state index < -0.39 is 0 Å². The number of unbranched alkanes of at least 4 members (excludes halogenated alkanes) is 5. The molecule has 0 unspecified atom stereocenters. The van der Waals surface area contributed by atoms with Crippen molar-refractivity contribution in [2.24, 2.45) is 0 Å². The molecule has 0 spiro atoms. The molecule has 102 valence electrons. The zero-order chi connectivity index (χ0) is 13.1. The molecule has 1 nitrogen and oxygen atoms in total. The van der Waals surface area contributed by atoms with E-state index in [2.05, 4.69) is 36.5 Å². The van der Waals surface area contributed by atoms with E-state index in [1.54, 1.807) is 0 Å². The zero-order valence-electron chi connectivity index (χ0n) is 11.6. The van der Waals surface area contributed by atoms with Crippen LogP contribution in [0.3, 0.4) is 0 Å². The molecule has 0 saturated carbocycles. The number of benzene rings is 1. The summed E-state index contributed by atoms with van der Waals surface area (Å²) in [6.07, 6.45) is 9.41. The van der Waals surface area contributed by atoms with Crippen LogP contribution in [0.25, 0.3) is 0 Å². The van der Waals surface area contributed by atoms with Gasteiger partial charge in [0.05, 0.1) is 0 Å². The van der Waals surface area contributed by atoms with Crippen LogP contribution in [0, 0.1) is 0 Å². The lowest BCUT2D eigenvalue weighted by Gasteiger charge is -2.06. The maximum absolute atomic E-state index is 5.64. The molecule has 0 aliphatic heterocycles. The minimum atomic E-state index is 0.652. The molecule has 1 rings (SSSR count). The quantitative estimate of drug-likeness (QED) is 0.451. The molecule has 0 fully saturated rings. The van der Waals surface area contributed by atoms with Gasteiger partial charge >= 0.3 is 0 Å². The summed E-state index contributed by atoms with van der Waals surface area (Å²) in [6.45, 7) is 3.10. The van der Waals surface area contributed by atoms with Gasteiger partial charge in [-0.2, -0.15) is 0 Å². The molecular formula is C16H26ClN. The van der Waals surface area contributed by atoms with Gasteiger partial charge in [0.15, 0.2) is 0 Å². The van der Waals surface area contributed by atoms with Gasteiger partial charge in [-0.05, 0) is 30.5 Å². The van der Waals surface area contributed by atoms with E-state index >= 15 is 0 Å². The van der Waals surface area contributed by atoms with Gasteiger partial charge in [-0.15, -0.1) is 11.6 Å². The number of aryl methyl sites for hydroxylation is 1. The second-order valence-corrected chi connectivity index (χ2v) is 5.21. The van der Waals surface area contributed by atoms with Gasteiger partial charge in [-0.3, -0.25) is 0 Å². The summed E-state index contributed by atoms with van der Waals surface area (Å²) in [5.41, 5.74) is 2.62. The van der Waals surface area contributed by atoms with Crippen molar-refractivity contribution in [3.63, 3.8) is 0 Å². The number of nitrogens with one attached hydrogen (secondary N) is 1. The highest BCUT2D eigenvalue weighted by Gasteiger charge is 1.95. The first kappa shape index (κ1) is 15.4. The van der Waals surface area contributed by atoms with Crippen molar-refractivity contribution in [2.75, 3.05) is 17.7 Å². The minimum absolute atomic E-state index is 0.652. The minimum Gasteiger partial charge on any atom is -0.384 e. The molecule has 1 N–H and O–H groups in total. The normalized spacial score (nSPS) is 10.6. The van der Waals surface area contributed by atoms with Gasteiger partial charge in [0.25, 0.3) is 0 Å². The van der Waals surface area contributed by atoms with Crippen LogP contribution in [-0.4, -0.2) is 12.4 Å². The van der Waals surface area contributed by atoms with Gasteiger partial charge in [-0.1, -0.05) is 51.2 Å². The lowest BCUT2D eigenvalue weighted by molar-refractivity contribution is 0.607. The van der Waals surface area contributed by atoms with Crippen LogP contribution in [0.2, 0.25) is 0 Å². The third-order valence-corrected chi connectivity index (χ3v) is 3.39. The van der Waals surface area contributed by atoms with Gasteiger partial charge in [0.1, 0.15) is 0 Å². The topological polar surface area (TPSA) is 12.0 Å². The second kappa shape index (κ2) is 10.3.